The number of nitro groups is 1. The largest absolute Gasteiger partial charge is 0.425 e. The molecule has 1 atom stereocenters. The van der Waals surface area contributed by atoms with E-state index in [9.17, 15) is 24.1 Å². The van der Waals surface area contributed by atoms with Crippen LogP contribution in [-0.4, -0.2) is 22.8 Å². The molecule has 2 rings (SSSR count). The number of non-ortho nitro benzene ring substituents is 1. The van der Waals surface area contributed by atoms with Crippen molar-refractivity contribution in [3.63, 3.8) is 0 Å². The summed E-state index contributed by atoms with van der Waals surface area (Å²) < 4.78 is 18.9. The van der Waals surface area contributed by atoms with Crippen LogP contribution >= 0.6 is 0 Å². The molecule has 8 heteroatoms. The Balaban J connectivity index is 2.13. The summed E-state index contributed by atoms with van der Waals surface area (Å²) in [6, 6.07) is 9.70. The van der Waals surface area contributed by atoms with Crippen molar-refractivity contribution in [3.05, 3.63) is 70.0 Å². The van der Waals surface area contributed by atoms with Gasteiger partial charge in [-0.05, 0) is 23.8 Å². The average molecular weight is 346 g/mol. The van der Waals surface area contributed by atoms with Crippen LogP contribution in [0.25, 0.3) is 0 Å². The third-order valence-electron chi connectivity index (χ3n) is 3.31. The van der Waals surface area contributed by atoms with E-state index >= 15 is 0 Å². The van der Waals surface area contributed by atoms with Gasteiger partial charge in [-0.3, -0.25) is 14.9 Å². The predicted octanol–water partition coefficient (Wildman–Crippen LogP) is 2.39. The molecule has 0 radical (unpaired) electrons. The zero-order chi connectivity index (χ0) is 18.4. The first-order valence-corrected chi connectivity index (χ1v) is 7.33. The molecular weight excluding hydrogens is 331 g/mol. The molecule has 0 saturated heterocycles. The van der Waals surface area contributed by atoms with Crippen LogP contribution in [0, 0.1) is 15.9 Å². The van der Waals surface area contributed by atoms with E-state index in [-0.39, 0.29) is 23.4 Å². The van der Waals surface area contributed by atoms with Crippen molar-refractivity contribution >= 4 is 17.6 Å². The fraction of sp³-hybridized carbons (Fsp3) is 0.176. The maximum absolute atomic E-state index is 13.8. The summed E-state index contributed by atoms with van der Waals surface area (Å²) in [5.74, 6) is -1.69. The number of rotatable bonds is 6. The zero-order valence-electron chi connectivity index (χ0n) is 13.3. The normalized spacial score (nSPS) is 11.4. The summed E-state index contributed by atoms with van der Waals surface area (Å²) in [6.07, 6.45) is -0.0852. The lowest BCUT2D eigenvalue weighted by Gasteiger charge is -2.17. The molecule has 0 aliphatic rings. The van der Waals surface area contributed by atoms with Gasteiger partial charge in [0.05, 0.1) is 4.92 Å². The second-order valence-corrected chi connectivity index (χ2v) is 5.22. The molecule has 0 bridgehead atoms. The van der Waals surface area contributed by atoms with E-state index in [1.54, 1.807) is 6.07 Å². The van der Waals surface area contributed by atoms with Gasteiger partial charge in [0.1, 0.15) is 17.6 Å². The lowest BCUT2D eigenvalue weighted by molar-refractivity contribution is -0.384. The zero-order valence-corrected chi connectivity index (χ0v) is 13.3. The van der Waals surface area contributed by atoms with Gasteiger partial charge in [-0.15, -0.1) is 0 Å². The van der Waals surface area contributed by atoms with Gasteiger partial charge in [-0.2, -0.15) is 0 Å². The molecule has 7 nitrogen and oxygen atoms in total. The van der Waals surface area contributed by atoms with Crippen LogP contribution in [0.1, 0.15) is 12.5 Å². The van der Waals surface area contributed by atoms with Crippen LogP contribution < -0.4 is 10.1 Å². The Bertz CT molecular complexity index is 792. The van der Waals surface area contributed by atoms with E-state index in [4.69, 9.17) is 4.74 Å². The highest BCUT2D eigenvalue weighted by Crippen LogP contribution is 2.18. The summed E-state index contributed by atoms with van der Waals surface area (Å²) >= 11 is 0. The Morgan fingerprint density at radius 3 is 2.40 bits per heavy atom. The molecule has 0 aromatic heterocycles. The van der Waals surface area contributed by atoms with E-state index in [1.807, 2.05) is 0 Å². The fourth-order valence-corrected chi connectivity index (χ4v) is 2.15. The van der Waals surface area contributed by atoms with Crippen molar-refractivity contribution in [2.24, 2.45) is 0 Å². The Labute approximate surface area is 142 Å². The van der Waals surface area contributed by atoms with Crippen LogP contribution in [0.2, 0.25) is 0 Å². The van der Waals surface area contributed by atoms with Gasteiger partial charge in [-0.1, -0.05) is 18.2 Å². The second kappa shape index (κ2) is 8.00. The van der Waals surface area contributed by atoms with E-state index in [2.05, 4.69) is 5.32 Å². The van der Waals surface area contributed by atoms with Gasteiger partial charge in [-0.25, -0.2) is 9.18 Å². The number of nitrogens with zero attached hydrogens (tertiary/aromatic N) is 1. The molecule has 0 spiro atoms. The lowest BCUT2D eigenvalue weighted by Crippen LogP contribution is -2.43. The summed E-state index contributed by atoms with van der Waals surface area (Å²) in [5, 5.41) is 13.0. The van der Waals surface area contributed by atoms with Crippen LogP contribution in [0.4, 0.5) is 10.1 Å². The lowest BCUT2D eigenvalue weighted by atomic mass is 10.1. The molecule has 0 fully saturated rings. The first kappa shape index (κ1) is 18.1. The number of nitro benzene ring substituents is 1. The number of ether oxygens (including phenoxy) is 1. The molecule has 0 heterocycles. The Morgan fingerprint density at radius 1 is 1.20 bits per heavy atom. The van der Waals surface area contributed by atoms with Crippen LogP contribution in [0.3, 0.4) is 0 Å². The molecule has 2 aromatic carbocycles. The number of hydrogen-bond acceptors (Lipinski definition) is 5. The second-order valence-electron chi connectivity index (χ2n) is 5.22. The fourth-order valence-electron chi connectivity index (χ4n) is 2.15. The van der Waals surface area contributed by atoms with Crippen molar-refractivity contribution in [3.8, 4) is 5.75 Å². The number of nitrogens with one attached hydrogen (secondary N) is 1. The van der Waals surface area contributed by atoms with E-state index in [0.717, 1.165) is 0 Å². The number of hydrogen-bond donors (Lipinski definition) is 1. The molecule has 1 N–H and O–H groups in total. The third-order valence-corrected chi connectivity index (χ3v) is 3.31. The first-order valence-electron chi connectivity index (χ1n) is 7.33. The maximum Gasteiger partial charge on any atom is 0.334 e. The van der Waals surface area contributed by atoms with Crippen molar-refractivity contribution < 1.29 is 23.6 Å². The summed E-state index contributed by atoms with van der Waals surface area (Å²) in [7, 11) is 0. The van der Waals surface area contributed by atoms with E-state index in [0.29, 0.717) is 0 Å². The Morgan fingerprint density at radius 2 is 1.84 bits per heavy atom. The van der Waals surface area contributed by atoms with Gasteiger partial charge in [0.15, 0.2) is 0 Å². The Hall–Kier alpha value is -3.29. The molecule has 0 aliphatic carbocycles. The molecule has 130 valence electrons. The van der Waals surface area contributed by atoms with Gasteiger partial charge in [0, 0.05) is 25.5 Å². The van der Waals surface area contributed by atoms with Crippen molar-refractivity contribution in [1.29, 1.82) is 0 Å². The van der Waals surface area contributed by atoms with Crippen LogP contribution in [0.5, 0.6) is 5.75 Å². The highest BCUT2D eigenvalue weighted by atomic mass is 19.1. The third kappa shape index (κ3) is 5.10. The standard InChI is InChI=1S/C17H15FN2O5/c1-11(21)19-16(10-12-4-2-3-5-15(12)18)17(22)25-14-8-6-13(7-9-14)20(23)24/h2-9,16H,10H2,1H3,(H,19,21). The molecule has 25 heavy (non-hydrogen) atoms. The molecule has 0 saturated carbocycles. The number of esters is 1. The van der Waals surface area contributed by atoms with E-state index < -0.39 is 28.7 Å². The smallest absolute Gasteiger partial charge is 0.334 e. The van der Waals surface area contributed by atoms with Crippen molar-refractivity contribution in [2.45, 2.75) is 19.4 Å². The molecule has 2 aromatic rings. The van der Waals surface area contributed by atoms with E-state index in [1.165, 1.54) is 49.4 Å². The van der Waals surface area contributed by atoms with Crippen molar-refractivity contribution in [2.75, 3.05) is 0 Å². The Kier molecular flexibility index (Phi) is 5.78. The number of carbonyl (C=O) groups excluding carboxylic acids is 2. The first-order chi connectivity index (χ1) is 11.9. The van der Waals surface area contributed by atoms with Gasteiger partial charge in [0.25, 0.3) is 5.69 Å². The van der Waals surface area contributed by atoms with Gasteiger partial charge in [0.2, 0.25) is 5.91 Å². The highest BCUT2D eigenvalue weighted by Gasteiger charge is 2.23. The molecular formula is C17H15FN2O5. The monoisotopic (exact) mass is 346 g/mol. The van der Waals surface area contributed by atoms with Gasteiger partial charge < -0.3 is 10.1 Å². The summed E-state index contributed by atoms with van der Waals surface area (Å²) in [4.78, 5) is 33.6. The molecule has 1 amide bonds. The SMILES string of the molecule is CC(=O)NC(Cc1ccccc1F)C(=O)Oc1ccc([N+](=O)[O-])cc1. The quantitative estimate of drug-likeness (QED) is 0.375. The minimum Gasteiger partial charge on any atom is -0.425 e. The summed E-state index contributed by atoms with van der Waals surface area (Å²) in [6.45, 7) is 1.23. The minimum absolute atomic E-state index is 0.0829. The number of benzene rings is 2. The van der Waals surface area contributed by atoms with Crippen LogP contribution in [-0.2, 0) is 16.0 Å². The highest BCUT2D eigenvalue weighted by molar-refractivity contribution is 5.84. The maximum atomic E-state index is 13.8. The van der Waals surface area contributed by atoms with Crippen LogP contribution in [0.15, 0.2) is 48.5 Å². The average Bonchev–Trinajstić information content (AvgIpc) is 2.56. The number of amides is 1. The minimum atomic E-state index is -1.09. The van der Waals surface area contributed by atoms with Gasteiger partial charge >= 0.3 is 5.97 Å². The number of halogens is 1. The molecule has 0 aliphatic heterocycles. The van der Waals surface area contributed by atoms with Crippen molar-refractivity contribution in [1.82, 2.24) is 5.32 Å². The topological polar surface area (TPSA) is 98.5 Å². The summed E-state index contributed by atoms with van der Waals surface area (Å²) in [5.41, 5.74) is 0.103. The predicted molar refractivity (Wildman–Crippen MR) is 86.4 cm³/mol. The number of carbonyl (C=O) groups is 2. The molecule has 1 unspecified atom stereocenters.